The second kappa shape index (κ2) is 7.04. The van der Waals surface area contributed by atoms with Crippen molar-refractivity contribution in [3.63, 3.8) is 0 Å². The van der Waals surface area contributed by atoms with Gasteiger partial charge in [-0.05, 0) is 30.2 Å². The van der Waals surface area contributed by atoms with Crippen LogP contribution in [0.5, 0.6) is 0 Å². The Morgan fingerprint density at radius 3 is 2.20 bits per heavy atom. The first-order chi connectivity index (χ1) is 9.31. The summed E-state index contributed by atoms with van der Waals surface area (Å²) in [7, 11) is 0. The van der Waals surface area contributed by atoms with E-state index in [4.69, 9.17) is 10.5 Å². The lowest BCUT2D eigenvalue weighted by Gasteiger charge is -2.19. The number of benzene rings is 1. The van der Waals surface area contributed by atoms with E-state index >= 15 is 0 Å². The Balaban J connectivity index is 2.80. The molecule has 1 atom stereocenters. The molecule has 0 spiro atoms. The molecule has 0 heterocycles. The minimum Gasteiger partial charge on any atom is -0.448 e. The molecule has 1 aromatic carbocycles. The number of nitrogens with two attached hydrogens (primary N) is 1. The molecule has 0 bridgehead atoms. The van der Waals surface area contributed by atoms with Crippen molar-refractivity contribution in [3.8, 4) is 0 Å². The van der Waals surface area contributed by atoms with Crippen molar-refractivity contribution in [3.05, 3.63) is 34.3 Å². The van der Waals surface area contributed by atoms with Crippen LogP contribution in [-0.2, 0) is 9.53 Å². The van der Waals surface area contributed by atoms with Gasteiger partial charge >= 0.3 is 12.0 Å². The number of carbonyl (C=O) groups excluding carboxylic acids is 3. The number of nitrogens with one attached hydrogen (secondary N) is 1. The van der Waals surface area contributed by atoms with E-state index in [0.29, 0.717) is 5.56 Å². The minimum absolute atomic E-state index is 0.297. The van der Waals surface area contributed by atoms with E-state index < -0.39 is 24.0 Å². The third kappa shape index (κ3) is 4.65. The molecule has 108 valence electrons. The van der Waals surface area contributed by atoms with Crippen LogP contribution < -0.4 is 11.1 Å². The van der Waals surface area contributed by atoms with E-state index in [0.717, 1.165) is 4.47 Å². The molecule has 0 radical (unpaired) electrons. The van der Waals surface area contributed by atoms with Crippen LogP contribution in [0, 0.1) is 5.92 Å². The van der Waals surface area contributed by atoms with Crippen LogP contribution in [0.2, 0.25) is 0 Å². The van der Waals surface area contributed by atoms with Gasteiger partial charge in [-0.15, -0.1) is 0 Å². The van der Waals surface area contributed by atoms with Crippen molar-refractivity contribution in [2.24, 2.45) is 11.7 Å². The second-order valence-electron chi connectivity index (χ2n) is 4.43. The molecular formula is C13H15BrN2O4. The number of primary amides is 1. The maximum Gasteiger partial charge on any atom is 0.338 e. The first-order valence-electron chi connectivity index (χ1n) is 5.88. The Morgan fingerprint density at radius 1 is 1.20 bits per heavy atom. The van der Waals surface area contributed by atoms with Gasteiger partial charge in [0, 0.05) is 4.47 Å². The van der Waals surface area contributed by atoms with E-state index in [1.54, 1.807) is 38.1 Å². The van der Waals surface area contributed by atoms with Gasteiger partial charge in [-0.3, -0.25) is 10.1 Å². The Kier molecular flexibility index (Phi) is 5.69. The summed E-state index contributed by atoms with van der Waals surface area (Å²) < 4.78 is 5.95. The van der Waals surface area contributed by atoms with E-state index in [1.165, 1.54) is 0 Å². The Labute approximate surface area is 124 Å². The quantitative estimate of drug-likeness (QED) is 0.815. The third-order valence-electron chi connectivity index (χ3n) is 2.42. The van der Waals surface area contributed by atoms with Crippen molar-refractivity contribution < 1.29 is 19.1 Å². The molecule has 0 aliphatic heterocycles. The molecule has 7 heteroatoms. The Morgan fingerprint density at radius 2 is 1.75 bits per heavy atom. The maximum atomic E-state index is 11.9. The number of amides is 3. The Hall–Kier alpha value is -1.89. The number of rotatable bonds is 4. The third-order valence-corrected chi connectivity index (χ3v) is 2.95. The summed E-state index contributed by atoms with van der Waals surface area (Å²) in [5.41, 5.74) is 5.18. The fourth-order valence-electron chi connectivity index (χ4n) is 1.45. The van der Waals surface area contributed by atoms with Crippen LogP contribution in [0.3, 0.4) is 0 Å². The Bertz CT molecular complexity index is 514. The molecule has 0 unspecified atom stereocenters. The molecule has 0 fully saturated rings. The monoisotopic (exact) mass is 342 g/mol. The van der Waals surface area contributed by atoms with Crippen LogP contribution in [0.25, 0.3) is 0 Å². The van der Waals surface area contributed by atoms with Crippen molar-refractivity contribution >= 4 is 33.8 Å². The van der Waals surface area contributed by atoms with Crippen LogP contribution in [-0.4, -0.2) is 24.0 Å². The van der Waals surface area contributed by atoms with Gasteiger partial charge in [0.25, 0.3) is 5.91 Å². The zero-order chi connectivity index (χ0) is 15.3. The average molecular weight is 343 g/mol. The maximum absolute atomic E-state index is 11.9. The van der Waals surface area contributed by atoms with Gasteiger partial charge in [0.2, 0.25) is 0 Å². The summed E-state index contributed by atoms with van der Waals surface area (Å²) in [6.45, 7) is 3.39. The fraction of sp³-hybridized carbons (Fsp3) is 0.308. The molecular weight excluding hydrogens is 328 g/mol. The summed E-state index contributed by atoms with van der Waals surface area (Å²) in [6.07, 6.45) is -1.08. The van der Waals surface area contributed by atoms with Crippen LogP contribution in [0.4, 0.5) is 4.79 Å². The van der Waals surface area contributed by atoms with Gasteiger partial charge in [-0.1, -0.05) is 29.8 Å². The molecule has 3 amide bonds. The number of imide groups is 1. The number of urea groups is 1. The normalized spacial score (nSPS) is 11.8. The molecule has 0 aliphatic rings. The topological polar surface area (TPSA) is 98.5 Å². The van der Waals surface area contributed by atoms with Gasteiger partial charge < -0.3 is 10.5 Å². The lowest BCUT2D eigenvalue weighted by Crippen LogP contribution is -2.45. The van der Waals surface area contributed by atoms with Crippen molar-refractivity contribution in [1.29, 1.82) is 0 Å². The van der Waals surface area contributed by atoms with Crippen LogP contribution >= 0.6 is 15.9 Å². The van der Waals surface area contributed by atoms with Crippen LogP contribution in [0.1, 0.15) is 24.2 Å². The predicted molar refractivity (Wildman–Crippen MR) is 75.9 cm³/mol. The predicted octanol–water partition coefficient (Wildman–Crippen LogP) is 1.83. The highest BCUT2D eigenvalue weighted by molar-refractivity contribution is 9.10. The number of hydrogen-bond acceptors (Lipinski definition) is 4. The number of hydrogen-bond donors (Lipinski definition) is 2. The highest BCUT2D eigenvalue weighted by Gasteiger charge is 2.27. The zero-order valence-corrected chi connectivity index (χ0v) is 12.6. The molecule has 6 nitrogen and oxygen atoms in total. The summed E-state index contributed by atoms with van der Waals surface area (Å²) in [6, 6.07) is 5.51. The van der Waals surface area contributed by atoms with Gasteiger partial charge in [0.05, 0.1) is 5.56 Å². The lowest BCUT2D eigenvalue weighted by atomic mass is 10.1. The fourth-order valence-corrected chi connectivity index (χ4v) is 1.72. The highest BCUT2D eigenvalue weighted by Crippen LogP contribution is 2.14. The van der Waals surface area contributed by atoms with Gasteiger partial charge in [0.15, 0.2) is 6.10 Å². The highest BCUT2D eigenvalue weighted by atomic mass is 79.9. The summed E-state index contributed by atoms with van der Waals surface area (Å²) >= 11 is 3.25. The molecule has 0 aliphatic carbocycles. The number of halogens is 1. The lowest BCUT2D eigenvalue weighted by molar-refractivity contribution is -0.130. The first-order valence-corrected chi connectivity index (χ1v) is 6.67. The van der Waals surface area contributed by atoms with E-state index in [-0.39, 0.29) is 5.92 Å². The molecule has 1 aromatic rings. The van der Waals surface area contributed by atoms with Gasteiger partial charge in [-0.25, -0.2) is 9.59 Å². The van der Waals surface area contributed by atoms with Crippen LogP contribution in [0.15, 0.2) is 28.7 Å². The molecule has 20 heavy (non-hydrogen) atoms. The summed E-state index contributed by atoms with van der Waals surface area (Å²) in [5.74, 6) is -1.68. The minimum atomic E-state index is -1.08. The molecule has 0 saturated carbocycles. The number of esters is 1. The number of ether oxygens (including phenoxy) is 1. The summed E-state index contributed by atoms with van der Waals surface area (Å²) in [5, 5.41) is 1.91. The largest absolute Gasteiger partial charge is 0.448 e. The summed E-state index contributed by atoms with van der Waals surface area (Å²) in [4.78, 5) is 34.3. The average Bonchev–Trinajstić information content (AvgIpc) is 2.35. The first kappa shape index (κ1) is 16.2. The standard InChI is InChI=1S/C13H15BrN2O4/c1-7(2)10(11(17)16-13(15)19)20-12(18)8-3-5-9(14)6-4-8/h3-7,10H,1-2H3,(H3,15,16,17,19)/t10-/m0/s1. The molecule has 0 saturated heterocycles. The molecule has 1 rings (SSSR count). The second-order valence-corrected chi connectivity index (χ2v) is 5.35. The number of carbonyl (C=O) groups is 3. The van der Waals surface area contributed by atoms with Gasteiger partial charge in [0.1, 0.15) is 0 Å². The zero-order valence-electron chi connectivity index (χ0n) is 11.1. The van der Waals surface area contributed by atoms with Crippen molar-refractivity contribution in [2.75, 3.05) is 0 Å². The van der Waals surface area contributed by atoms with E-state index in [1.807, 2.05) is 5.32 Å². The van der Waals surface area contributed by atoms with Gasteiger partial charge in [-0.2, -0.15) is 0 Å². The van der Waals surface area contributed by atoms with Crippen molar-refractivity contribution in [2.45, 2.75) is 20.0 Å². The van der Waals surface area contributed by atoms with E-state index in [2.05, 4.69) is 15.9 Å². The SMILES string of the molecule is CC(C)[C@H](OC(=O)c1ccc(Br)cc1)C(=O)NC(N)=O. The van der Waals surface area contributed by atoms with E-state index in [9.17, 15) is 14.4 Å². The molecule has 0 aromatic heterocycles. The molecule has 3 N–H and O–H groups in total. The van der Waals surface area contributed by atoms with Crippen molar-refractivity contribution in [1.82, 2.24) is 5.32 Å². The smallest absolute Gasteiger partial charge is 0.338 e.